The number of nitrogens with two attached hydrogens (primary N) is 1. The number of fused-ring (bicyclic) bond motifs is 1. The van der Waals surface area contributed by atoms with Crippen molar-refractivity contribution in [3.63, 3.8) is 0 Å². The molecule has 36 heavy (non-hydrogen) atoms. The summed E-state index contributed by atoms with van der Waals surface area (Å²) in [5.74, 6) is 3.86. The molecule has 1 fully saturated rings. The highest BCUT2D eigenvalue weighted by atomic mass is 31.3. The standard InChI is InChI=1S/C14H19FN5O13P3/c1-7(31-35(26,27)33-36(28,29)32-34(23,24)25)9-10(21)14(22,3-2-4-15)12(30-9)20-6-18-8-5-17-13(16)19-11(8)20/h5-7,9-10,12,21-22H,4H2,1H3,(H,26,27)(H,28,29)(H2,16,17,19)(H2,23,24,25)/t7-,9-,10+,12-,14?/m1/s1. The van der Waals surface area contributed by atoms with Gasteiger partial charge in [-0.25, -0.2) is 28.1 Å². The zero-order chi connectivity index (χ0) is 27.1. The molecular weight excluding hydrogens is 558 g/mol. The van der Waals surface area contributed by atoms with Crippen molar-refractivity contribution in [1.29, 1.82) is 0 Å². The Morgan fingerprint density at radius 3 is 2.53 bits per heavy atom. The Balaban J connectivity index is 1.91. The number of hydrogen-bond acceptors (Lipinski definition) is 13. The minimum atomic E-state index is -5.82. The molecule has 0 aromatic carbocycles. The lowest BCUT2D eigenvalue weighted by Crippen LogP contribution is -2.47. The van der Waals surface area contributed by atoms with Crippen molar-refractivity contribution < 1.29 is 65.8 Å². The Kier molecular flexibility index (Phi) is 8.07. The molecule has 3 heterocycles. The topological polar surface area (TPSA) is 279 Å². The molecule has 0 spiro atoms. The number of aliphatic hydroxyl groups is 2. The lowest BCUT2D eigenvalue weighted by Gasteiger charge is -2.27. The predicted octanol–water partition coefficient (Wildman–Crippen LogP) is -0.897. The first-order valence-electron chi connectivity index (χ1n) is 9.37. The normalized spacial score (nSPS) is 28.7. The number of phosphoric ester groups is 1. The summed E-state index contributed by atoms with van der Waals surface area (Å²) in [5.41, 5.74) is 3.16. The van der Waals surface area contributed by atoms with Crippen LogP contribution < -0.4 is 5.73 Å². The highest BCUT2D eigenvalue weighted by Crippen LogP contribution is 2.66. The molecule has 0 saturated carbocycles. The van der Waals surface area contributed by atoms with E-state index < -0.39 is 60.3 Å². The molecule has 3 rings (SSSR count). The van der Waals surface area contributed by atoms with E-state index in [1.54, 1.807) is 0 Å². The van der Waals surface area contributed by atoms with Gasteiger partial charge in [0.1, 0.15) is 24.4 Å². The SMILES string of the molecule is C[C@@H](OP(=O)(O)OP(=O)(O)OP(=O)(O)O)[C@H]1O[C@@H](n2cnc3cnc(N)nc32)C(O)(C#CCF)[C@H]1O. The van der Waals surface area contributed by atoms with E-state index in [-0.39, 0.29) is 17.1 Å². The quantitative estimate of drug-likeness (QED) is 0.148. The number of rotatable bonds is 8. The summed E-state index contributed by atoms with van der Waals surface area (Å²) in [4.78, 5) is 48.0. The smallest absolute Gasteiger partial charge is 0.386 e. The van der Waals surface area contributed by atoms with Gasteiger partial charge in [-0.2, -0.15) is 13.6 Å². The second-order valence-corrected chi connectivity index (χ2v) is 11.5. The number of nitrogen functional groups attached to an aromatic ring is 1. The zero-order valence-corrected chi connectivity index (χ0v) is 20.5. The van der Waals surface area contributed by atoms with Crippen LogP contribution in [-0.4, -0.2) is 79.9 Å². The van der Waals surface area contributed by atoms with Crippen molar-refractivity contribution in [1.82, 2.24) is 19.5 Å². The molecule has 22 heteroatoms. The van der Waals surface area contributed by atoms with E-state index in [1.165, 1.54) is 6.20 Å². The number of aliphatic hydroxyl groups excluding tert-OH is 1. The van der Waals surface area contributed by atoms with E-state index in [0.717, 1.165) is 17.8 Å². The molecule has 8 N–H and O–H groups in total. The van der Waals surface area contributed by atoms with Crippen molar-refractivity contribution in [2.45, 2.75) is 37.1 Å². The van der Waals surface area contributed by atoms with Crippen LogP contribution in [-0.2, 0) is 31.6 Å². The van der Waals surface area contributed by atoms with Gasteiger partial charge in [-0.1, -0.05) is 11.8 Å². The lowest BCUT2D eigenvalue weighted by atomic mass is 9.92. The fourth-order valence-electron chi connectivity index (χ4n) is 3.26. The number of ether oxygens (including phenoxy) is 1. The first-order valence-corrected chi connectivity index (χ1v) is 13.9. The number of hydrogen-bond donors (Lipinski definition) is 7. The van der Waals surface area contributed by atoms with Gasteiger partial charge in [0.2, 0.25) is 5.95 Å². The van der Waals surface area contributed by atoms with Gasteiger partial charge in [0.25, 0.3) is 0 Å². The summed E-state index contributed by atoms with van der Waals surface area (Å²) in [7, 11) is -17.1. The second-order valence-electron chi connectivity index (χ2n) is 7.15. The molecule has 1 aliphatic heterocycles. The zero-order valence-electron chi connectivity index (χ0n) is 17.8. The summed E-state index contributed by atoms with van der Waals surface area (Å²) in [6.07, 6.45) is -4.89. The lowest BCUT2D eigenvalue weighted by molar-refractivity contribution is -0.0831. The first kappa shape index (κ1) is 28.7. The monoisotopic (exact) mass is 577 g/mol. The predicted molar refractivity (Wildman–Crippen MR) is 113 cm³/mol. The van der Waals surface area contributed by atoms with Gasteiger partial charge in [-0.15, -0.1) is 0 Å². The number of nitrogens with zero attached hydrogens (tertiary/aromatic N) is 4. The van der Waals surface area contributed by atoms with Crippen LogP contribution in [0.4, 0.5) is 10.3 Å². The number of halogens is 1. The summed E-state index contributed by atoms with van der Waals surface area (Å²) in [6.45, 7) is -0.229. The van der Waals surface area contributed by atoms with Crippen LogP contribution in [0, 0.1) is 11.8 Å². The Labute approximate surface area is 200 Å². The Morgan fingerprint density at radius 2 is 1.92 bits per heavy atom. The molecule has 1 saturated heterocycles. The fourth-order valence-corrected chi connectivity index (χ4v) is 6.46. The van der Waals surface area contributed by atoms with Crippen LogP contribution in [0.1, 0.15) is 13.2 Å². The largest absolute Gasteiger partial charge is 0.490 e. The van der Waals surface area contributed by atoms with E-state index in [2.05, 4.69) is 34.0 Å². The van der Waals surface area contributed by atoms with Gasteiger partial charge in [0, 0.05) is 0 Å². The molecule has 3 unspecified atom stereocenters. The number of aromatic nitrogens is 4. The second kappa shape index (κ2) is 10.1. The number of imidazole rings is 1. The van der Waals surface area contributed by atoms with Crippen LogP contribution in [0.2, 0.25) is 0 Å². The first-order chi connectivity index (χ1) is 16.5. The van der Waals surface area contributed by atoms with Crippen molar-refractivity contribution in [3.05, 3.63) is 12.5 Å². The molecule has 0 radical (unpaired) electrons. The molecule has 2 aromatic rings. The van der Waals surface area contributed by atoms with Gasteiger partial charge in [0.05, 0.1) is 18.6 Å². The van der Waals surface area contributed by atoms with Gasteiger partial charge in [-0.05, 0) is 6.92 Å². The van der Waals surface area contributed by atoms with Crippen LogP contribution in [0.15, 0.2) is 12.5 Å². The van der Waals surface area contributed by atoms with E-state index in [1.807, 2.05) is 5.92 Å². The van der Waals surface area contributed by atoms with Crippen molar-refractivity contribution in [2.75, 3.05) is 12.4 Å². The van der Waals surface area contributed by atoms with Crippen molar-refractivity contribution in [2.24, 2.45) is 0 Å². The maximum absolute atomic E-state index is 12.8. The Hall–Kier alpha value is -1.87. The maximum Gasteiger partial charge on any atom is 0.490 e. The van der Waals surface area contributed by atoms with Crippen molar-refractivity contribution in [3.8, 4) is 11.8 Å². The van der Waals surface area contributed by atoms with Crippen LogP contribution in [0.3, 0.4) is 0 Å². The molecule has 0 bridgehead atoms. The summed E-state index contributed by atoms with van der Waals surface area (Å²) in [5, 5.41) is 21.9. The molecule has 0 amide bonds. The molecule has 18 nitrogen and oxygen atoms in total. The van der Waals surface area contributed by atoms with Gasteiger partial charge in [0.15, 0.2) is 17.5 Å². The number of anilines is 1. The number of alkyl halides is 1. The maximum atomic E-state index is 12.8. The highest BCUT2D eigenvalue weighted by molar-refractivity contribution is 7.66. The van der Waals surface area contributed by atoms with Crippen molar-refractivity contribution >= 4 is 40.6 Å². The van der Waals surface area contributed by atoms with Gasteiger partial charge in [-0.3, -0.25) is 9.09 Å². The average molecular weight is 577 g/mol. The average Bonchev–Trinajstić information content (AvgIpc) is 3.22. The third-order valence-corrected chi connectivity index (χ3v) is 8.47. The highest BCUT2D eigenvalue weighted by Gasteiger charge is 2.58. The molecule has 7 atom stereocenters. The van der Waals surface area contributed by atoms with E-state index in [4.69, 9.17) is 20.3 Å². The Morgan fingerprint density at radius 1 is 1.25 bits per heavy atom. The van der Waals surface area contributed by atoms with Crippen LogP contribution >= 0.6 is 23.5 Å². The molecule has 2 aromatic heterocycles. The van der Waals surface area contributed by atoms with E-state index in [0.29, 0.717) is 0 Å². The molecular formula is C14H19FN5O13P3. The minimum Gasteiger partial charge on any atom is -0.386 e. The summed E-state index contributed by atoms with van der Waals surface area (Å²) in [6, 6.07) is 0. The molecule has 200 valence electrons. The van der Waals surface area contributed by atoms with Crippen LogP contribution in [0.25, 0.3) is 11.2 Å². The molecule has 0 aliphatic carbocycles. The fraction of sp³-hybridized carbons (Fsp3) is 0.500. The molecule has 1 aliphatic rings. The van der Waals surface area contributed by atoms with Gasteiger partial charge >= 0.3 is 23.5 Å². The third kappa shape index (κ3) is 6.33. The van der Waals surface area contributed by atoms with Crippen LogP contribution in [0.5, 0.6) is 0 Å². The van der Waals surface area contributed by atoms with E-state index in [9.17, 15) is 38.1 Å². The number of phosphoric acid groups is 3. The minimum absolute atomic E-state index is 0.00126. The van der Waals surface area contributed by atoms with E-state index >= 15 is 0 Å². The van der Waals surface area contributed by atoms with Gasteiger partial charge < -0.3 is 40.3 Å². The Bertz CT molecular complexity index is 1340. The summed E-state index contributed by atoms with van der Waals surface area (Å²) < 4.78 is 65.8. The third-order valence-electron chi connectivity index (χ3n) is 4.55. The summed E-state index contributed by atoms with van der Waals surface area (Å²) >= 11 is 0.